The van der Waals surface area contributed by atoms with Gasteiger partial charge in [-0.3, -0.25) is 4.90 Å². The molecule has 1 aliphatic rings. The second-order valence-corrected chi connectivity index (χ2v) is 3.83. The first-order valence-electron chi connectivity index (χ1n) is 5.06. The Morgan fingerprint density at radius 1 is 1.64 bits per heavy atom. The lowest BCUT2D eigenvalue weighted by Gasteiger charge is -2.30. The number of piperidine rings is 1. The molecule has 1 aromatic rings. The molecule has 0 radical (unpaired) electrons. The summed E-state index contributed by atoms with van der Waals surface area (Å²) in [7, 11) is 0. The van der Waals surface area contributed by atoms with E-state index < -0.39 is 0 Å². The minimum atomic E-state index is 0.635. The van der Waals surface area contributed by atoms with Gasteiger partial charge in [0.15, 0.2) is 5.82 Å². The molecule has 1 fully saturated rings. The van der Waals surface area contributed by atoms with E-state index in [2.05, 4.69) is 15.0 Å². The predicted octanol–water partition coefficient (Wildman–Crippen LogP) is 0.240. The van der Waals surface area contributed by atoms with E-state index in [9.17, 15) is 0 Å². The number of aromatic nitrogens is 2. The standard InChI is InChI=1S/C9H16N4O/c10-4-8-2-1-3-13(5-8)6-9-11-7-14-12-9/h7-8H,1-6,10H2. The monoisotopic (exact) mass is 196 g/mol. The minimum Gasteiger partial charge on any atom is -0.343 e. The third-order valence-corrected chi connectivity index (χ3v) is 2.71. The van der Waals surface area contributed by atoms with Crippen molar-refractivity contribution in [3.8, 4) is 0 Å². The molecule has 2 rings (SSSR count). The van der Waals surface area contributed by atoms with Gasteiger partial charge in [0.25, 0.3) is 0 Å². The van der Waals surface area contributed by atoms with Crippen LogP contribution in [0.4, 0.5) is 0 Å². The summed E-state index contributed by atoms with van der Waals surface area (Å²) in [6, 6.07) is 0. The van der Waals surface area contributed by atoms with Gasteiger partial charge in [-0.25, -0.2) is 0 Å². The minimum absolute atomic E-state index is 0.635. The van der Waals surface area contributed by atoms with Crippen molar-refractivity contribution in [3.05, 3.63) is 12.2 Å². The van der Waals surface area contributed by atoms with Gasteiger partial charge in [0, 0.05) is 6.54 Å². The van der Waals surface area contributed by atoms with Crippen LogP contribution in [0.1, 0.15) is 18.7 Å². The first-order valence-corrected chi connectivity index (χ1v) is 5.06. The van der Waals surface area contributed by atoms with Gasteiger partial charge >= 0.3 is 0 Å². The Morgan fingerprint density at radius 3 is 3.29 bits per heavy atom. The molecule has 1 saturated heterocycles. The molecule has 78 valence electrons. The Hall–Kier alpha value is -0.940. The predicted molar refractivity (Wildman–Crippen MR) is 51.4 cm³/mol. The highest BCUT2D eigenvalue weighted by Crippen LogP contribution is 2.16. The van der Waals surface area contributed by atoms with Gasteiger partial charge in [0.2, 0.25) is 6.39 Å². The average molecular weight is 196 g/mol. The van der Waals surface area contributed by atoms with Gasteiger partial charge < -0.3 is 10.3 Å². The molecule has 2 heterocycles. The molecule has 0 spiro atoms. The van der Waals surface area contributed by atoms with E-state index in [0.717, 1.165) is 32.0 Å². The van der Waals surface area contributed by atoms with Crippen molar-refractivity contribution in [2.75, 3.05) is 19.6 Å². The topological polar surface area (TPSA) is 68.2 Å². The molecule has 14 heavy (non-hydrogen) atoms. The van der Waals surface area contributed by atoms with E-state index in [1.54, 1.807) is 0 Å². The largest absolute Gasteiger partial charge is 0.343 e. The van der Waals surface area contributed by atoms with Crippen LogP contribution in [-0.2, 0) is 6.54 Å². The number of nitrogens with zero attached hydrogens (tertiary/aromatic N) is 3. The zero-order chi connectivity index (χ0) is 9.80. The van der Waals surface area contributed by atoms with Crippen LogP contribution in [0.25, 0.3) is 0 Å². The lowest BCUT2D eigenvalue weighted by atomic mass is 9.98. The maximum atomic E-state index is 5.66. The summed E-state index contributed by atoms with van der Waals surface area (Å²) in [6.45, 7) is 3.74. The van der Waals surface area contributed by atoms with Crippen molar-refractivity contribution in [2.24, 2.45) is 11.7 Å². The second-order valence-electron chi connectivity index (χ2n) is 3.83. The Balaban J connectivity index is 1.86. The van der Waals surface area contributed by atoms with Crippen LogP contribution in [-0.4, -0.2) is 34.7 Å². The first kappa shape index (κ1) is 9.61. The van der Waals surface area contributed by atoms with Crippen LogP contribution >= 0.6 is 0 Å². The average Bonchev–Trinajstić information content (AvgIpc) is 2.71. The molecule has 0 bridgehead atoms. The molecule has 0 aliphatic carbocycles. The molecule has 1 aromatic heterocycles. The van der Waals surface area contributed by atoms with Crippen molar-refractivity contribution >= 4 is 0 Å². The molecule has 5 heteroatoms. The quantitative estimate of drug-likeness (QED) is 0.750. The van der Waals surface area contributed by atoms with Crippen LogP contribution < -0.4 is 5.73 Å². The molecule has 5 nitrogen and oxygen atoms in total. The van der Waals surface area contributed by atoms with Crippen LogP contribution in [0.5, 0.6) is 0 Å². The summed E-state index contributed by atoms with van der Waals surface area (Å²) in [4.78, 5) is 6.35. The highest BCUT2D eigenvalue weighted by atomic mass is 16.5. The zero-order valence-corrected chi connectivity index (χ0v) is 8.22. The molecule has 1 aliphatic heterocycles. The molecular formula is C9H16N4O. The number of likely N-dealkylation sites (tertiary alicyclic amines) is 1. The Morgan fingerprint density at radius 2 is 2.57 bits per heavy atom. The molecular weight excluding hydrogens is 180 g/mol. The van der Waals surface area contributed by atoms with E-state index in [-0.39, 0.29) is 0 Å². The maximum absolute atomic E-state index is 5.66. The van der Waals surface area contributed by atoms with Crippen LogP contribution in [0.15, 0.2) is 10.9 Å². The lowest BCUT2D eigenvalue weighted by molar-refractivity contribution is 0.166. The molecule has 0 aromatic carbocycles. The zero-order valence-electron chi connectivity index (χ0n) is 8.22. The lowest BCUT2D eigenvalue weighted by Crippen LogP contribution is -2.38. The number of hydrogen-bond donors (Lipinski definition) is 1. The van der Waals surface area contributed by atoms with Gasteiger partial charge in [-0.05, 0) is 31.8 Å². The fourth-order valence-corrected chi connectivity index (χ4v) is 1.95. The number of rotatable bonds is 3. The van der Waals surface area contributed by atoms with Crippen LogP contribution in [0.3, 0.4) is 0 Å². The molecule has 1 unspecified atom stereocenters. The second kappa shape index (κ2) is 4.52. The van der Waals surface area contributed by atoms with E-state index in [1.807, 2.05) is 0 Å². The highest BCUT2D eigenvalue weighted by Gasteiger charge is 2.19. The molecule has 0 saturated carbocycles. The molecule has 1 atom stereocenters. The molecule has 0 amide bonds. The van der Waals surface area contributed by atoms with Gasteiger partial charge in [-0.15, -0.1) is 0 Å². The Bertz CT molecular complexity index is 262. The number of nitrogens with two attached hydrogens (primary N) is 1. The summed E-state index contributed by atoms with van der Waals surface area (Å²) in [5, 5.41) is 3.80. The van der Waals surface area contributed by atoms with E-state index in [1.165, 1.54) is 19.2 Å². The SMILES string of the molecule is NCC1CCCN(Cc2ncon2)C1. The molecule has 2 N–H and O–H groups in total. The van der Waals surface area contributed by atoms with Crippen LogP contribution in [0.2, 0.25) is 0 Å². The van der Waals surface area contributed by atoms with Gasteiger partial charge in [-0.1, -0.05) is 5.16 Å². The van der Waals surface area contributed by atoms with E-state index in [0.29, 0.717) is 5.92 Å². The Kier molecular flexibility index (Phi) is 3.10. The van der Waals surface area contributed by atoms with Gasteiger partial charge in [-0.2, -0.15) is 4.98 Å². The summed E-state index contributed by atoms with van der Waals surface area (Å²) < 4.78 is 4.70. The van der Waals surface area contributed by atoms with Gasteiger partial charge in [0.1, 0.15) is 0 Å². The number of hydrogen-bond acceptors (Lipinski definition) is 5. The third-order valence-electron chi connectivity index (χ3n) is 2.71. The summed E-state index contributed by atoms with van der Waals surface area (Å²) in [5.41, 5.74) is 5.66. The van der Waals surface area contributed by atoms with E-state index in [4.69, 9.17) is 10.3 Å². The summed E-state index contributed by atoms with van der Waals surface area (Å²) in [6.07, 6.45) is 3.85. The summed E-state index contributed by atoms with van der Waals surface area (Å²) in [5.74, 6) is 1.40. The van der Waals surface area contributed by atoms with Crippen LogP contribution in [0, 0.1) is 5.92 Å². The van der Waals surface area contributed by atoms with Crippen molar-refractivity contribution in [2.45, 2.75) is 19.4 Å². The maximum Gasteiger partial charge on any atom is 0.213 e. The van der Waals surface area contributed by atoms with Crippen molar-refractivity contribution in [3.63, 3.8) is 0 Å². The fraction of sp³-hybridized carbons (Fsp3) is 0.778. The normalized spacial score (nSPS) is 23.9. The van der Waals surface area contributed by atoms with Crippen molar-refractivity contribution in [1.29, 1.82) is 0 Å². The smallest absolute Gasteiger partial charge is 0.213 e. The fourth-order valence-electron chi connectivity index (χ4n) is 1.95. The van der Waals surface area contributed by atoms with Crippen molar-refractivity contribution < 1.29 is 4.52 Å². The first-order chi connectivity index (χ1) is 6.88. The summed E-state index contributed by atoms with van der Waals surface area (Å²) >= 11 is 0. The Labute approximate surface area is 83.3 Å². The highest BCUT2D eigenvalue weighted by molar-refractivity contribution is 4.81. The van der Waals surface area contributed by atoms with E-state index >= 15 is 0 Å². The third kappa shape index (κ3) is 2.30. The van der Waals surface area contributed by atoms with Gasteiger partial charge in [0.05, 0.1) is 6.54 Å². The van der Waals surface area contributed by atoms with Crippen molar-refractivity contribution in [1.82, 2.24) is 15.0 Å².